The van der Waals surface area contributed by atoms with Gasteiger partial charge < -0.3 is 9.73 Å². The number of anilines is 1. The van der Waals surface area contributed by atoms with Gasteiger partial charge in [-0.05, 0) is 37.6 Å². The topological polar surface area (TPSA) is 68.3 Å². The molecule has 5 heteroatoms. The van der Waals surface area contributed by atoms with Crippen molar-refractivity contribution in [3.05, 3.63) is 57.5 Å². The minimum absolute atomic E-state index is 0.0909. The maximum atomic E-state index is 10.7. The van der Waals surface area contributed by atoms with E-state index in [4.69, 9.17) is 4.42 Å². The zero-order valence-electron chi connectivity index (χ0n) is 10.3. The summed E-state index contributed by atoms with van der Waals surface area (Å²) in [5, 5.41) is 13.9. The first-order valence-corrected chi connectivity index (χ1v) is 5.60. The summed E-state index contributed by atoms with van der Waals surface area (Å²) in [6, 6.07) is 8.69. The summed E-state index contributed by atoms with van der Waals surface area (Å²) in [6.07, 6.45) is 0. The molecule has 5 nitrogen and oxygen atoms in total. The summed E-state index contributed by atoms with van der Waals surface area (Å²) in [5.41, 5.74) is 1.66. The first-order chi connectivity index (χ1) is 8.54. The predicted molar refractivity (Wildman–Crippen MR) is 68.6 cm³/mol. The van der Waals surface area contributed by atoms with Crippen LogP contribution in [0.1, 0.15) is 17.1 Å². The molecule has 1 heterocycles. The van der Waals surface area contributed by atoms with Gasteiger partial charge in [0.05, 0.1) is 11.5 Å². The van der Waals surface area contributed by atoms with Crippen LogP contribution in [0.3, 0.4) is 0 Å². The quantitative estimate of drug-likeness (QED) is 0.663. The van der Waals surface area contributed by atoms with Crippen LogP contribution in [0, 0.1) is 24.0 Å². The van der Waals surface area contributed by atoms with Gasteiger partial charge >= 0.3 is 0 Å². The highest BCUT2D eigenvalue weighted by Crippen LogP contribution is 2.21. The highest BCUT2D eigenvalue weighted by molar-refractivity contribution is 5.53. The van der Waals surface area contributed by atoms with Gasteiger partial charge in [0, 0.05) is 17.8 Å². The van der Waals surface area contributed by atoms with E-state index in [2.05, 4.69) is 5.32 Å². The average molecular weight is 246 g/mol. The van der Waals surface area contributed by atoms with E-state index in [0.29, 0.717) is 6.54 Å². The molecule has 2 rings (SSSR count). The number of nitro groups is 1. The molecule has 0 saturated heterocycles. The number of aryl methyl sites for hydroxylation is 2. The Morgan fingerprint density at radius 2 is 2.06 bits per heavy atom. The molecule has 94 valence electrons. The summed E-state index contributed by atoms with van der Waals surface area (Å²) in [6.45, 7) is 4.21. The second kappa shape index (κ2) is 4.91. The molecule has 0 unspecified atom stereocenters. The maximum absolute atomic E-state index is 10.7. The van der Waals surface area contributed by atoms with Crippen LogP contribution in [-0.2, 0) is 6.54 Å². The van der Waals surface area contributed by atoms with Gasteiger partial charge in [-0.1, -0.05) is 0 Å². The summed E-state index contributed by atoms with van der Waals surface area (Å²) in [5.74, 6) is 1.65. The first-order valence-electron chi connectivity index (χ1n) is 5.60. The Balaban J connectivity index is 2.11. The molecule has 0 radical (unpaired) electrons. The number of furan rings is 1. The fourth-order valence-corrected chi connectivity index (χ4v) is 1.74. The molecule has 0 fully saturated rings. The van der Waals surface area contributed by atoms with Gasteiger partial charge in [0.15, 0.2) is 0 Å². The summed E-state index contributed by atoms with van der Waals surface area (Å²) >= 11 is 0. The van der Waals surface area contributed by atoms with Crippen LogP contribution in [-0.4, -0.2) is 4.92 Å². The third-order valence-corrected chi connectivity index (χ3v) is 2.54. The number of benzene rings is 1. The van der Waals surface area contributed by atoms with E-state index in [-0.39, 0.29) is 5.69 Å². The molecular formula is C13H14N2O3. The Kier molecular flexibility index (Phi) is 3.32. The first kappa shape index (κ1) is 12.2. The molecular weight excluding hydrogens is 232 g/mol. The molecule has 0 bridgehead atoms. The number of rotatable bonds is 4. The van der Waals surface area contributed by atoms with Crippen molar-refractivity contribution >= 4 is 11.4 Å². The molecule has 0 spiro atoms. The van der Waals surface area contributed by atoms with E-state index in [1.54, 1.807) is 6.07 Å². The zero-order chi connectivity index (χ0) is 13.1. The molecule has 0 saturated carbocycles. The average Bonchev–Trinajstić information content (AvgIpc) is 2.72. The lowest BCUT2D eigenvalue weighted by Crippen LogP contribution is -1.99. The third kappa shape index (κ3) is 2.88. The minimum atomic E-state index is -0.394. The van der Waals surface area contributed by atoms with Gasteiger partial charge in [0.2, 0.25) is 0 Å². The van der Waals surface area contributed by atoms with Crippen LogP contribution < -0.4 is 5.32 Å². The largest absolute Gasteiger partial charge is 0.465 e. The molecule has 0 amide bonds. The second-order valence-electron chi connectivity index (χ2n) is 4.18. The monoisotopic (exact) mass is 246 g/mol. The highest BCUT2D eigenvalue weighted by atomic mass is 16.6. The number of nitrogens with zero attached hydrogens (tertiary/aromatic N) is 1. The lowest BCUT2D eigenvalue weighted by Gasteiger charge is -2.05. The number of hydrogen-bond donors (Lipinski definition) is 1. The van der Waals surface area contributed by atoms with Gasteiger partial charge in [-0.3, -0.25) is 10.1 Å². The van der Waals surface area contributed by atoms with Crippen LogP contribution in [0.5, 0.6) is 0 Å². The number of nitrogens with one attached hydrogen (secondary N) is 1. The highest BCUT2D eigenvalue weighted by Gasteiger charge is 2.08. The summed E-state index contributed by atoms with van der Waals surface area (Å²) < 4.78 is 5.42. The SMILES string of the molecule is Cc1cc(NCc2ccc(C)o2)cc([N+](=O)[O-])c1. The number of non-ortho nitro benzene ring substituents is 1. The lowest BCUT2D eigenvalue weighted by atomic mass is 10.2. The van der Waals surface area contributed by atoms with Crippen molar-refractivity contribution in [3.63, 3.8) is 0 Å². The van der Waals surface area contributed by atoms with Gasteiger partial charge in [-0.2, -0.15) is 0 Å². The predicted octanol–water partition coefficient (Wildman–Crippen LogP) is 3.42. The number of nitro benzene ring substituents is 1. The lowest BCUT2D eigenvalue weighted by molar-refractivity contribution is -0.384. The van der Waals surface area contributed by atoms with Gasteiger partial charge in [-0.25, -0.2) is 0 Å². The van der Waals surface area contributed by atoms with E-state index in [9.17, 15) is 10.1 Å². The fourth-order valence-electron chi connectivity index (χ4n) is 1.74. The van der Waals surface area contributed by atoms with Crippen LogP contribution in [0.15, 0.2) is 34.7 Å². The second-order valence-corrected chi connectivity index (χ2v) is 4.18. The van der Waals surface area contributed by atoms with Crippen molar-refractivity contribution in [2.75, 3.05) is 5.32 Å². The molecule has 0 atom stereocenters. The van der Waals surface area contributed by atoms with Crippen LogP contribution >= 0.6 is 0 Å². The molecule has 0 aliphatic heterocycles. The van der Waals surface area contributed by atoms with E-state index in [1.165, 1.54) is 6.07 Å². The maximum Gasteiger partial charge on any atom is 0.271 e. The van der Waals surface area contributed by atoms with E-state index in [1.807, 2.05) is 32.0 Å². The Morgan fingerprint density at radius 1 is 1.28 bits per heavy atom. The van der Waals surface area contributed by atoms with Crippen molar-refractivity contribution in [2.24, 2.45) is 0 Å². The van der Waals surface area contributed by atoms with E-state index < -0.39 is 4.92 Å². The molecule has 1 N–H and O–H groups in total. The molecule has 0 aliphatic rings. The zero-order valence-corrected chi connectivity index (χ0v) is 10.3. The Hall–Kier alpha value is -2.30. The summed E-state index contributed by atoms with van der Waals surface area (Å²) in [7, 11) is 0. The van der Waals surface area contributed by atoms with Crippen LogP contribution in [0.4, 0.5) is 11.4 Å². The van der Waals surface area contributed by atoms with Gasteiger partial charge in [0.1, 0.15) is 11.5 Å². The van der Waals surface area contributed by atoms with Crippen molar-refractivity contribution in [3.8, 4) is 0 Å². The van der Waals surface area contributed by atoms with Gasteiger partial charge in [-0.15, -0.1) is 0 Å². The standard InChI is InChI=1S/C13H14N2O3/c1-9-5-11(7-12(6-9)15(16)17)14-8-13-4-3-10(2)18-13/h3-7,14H,8H2,1-2H3. The fraction of sp³-hybridized carbons (Fsp3) is 0.231. The Labute approximate surface area is 105 Å². The molecule has 1 aromatic heterocycles. The van der Waals surface area contributed by atoms with Crippen LogP contribution in [0.2, 0.25) is 0 Å². The summed E-state index contributed by atoms with van der Waals surface area (Å²) in [4.78, 5) is 10.3. The van der Waals surface area contributed by atoms with Crippen molar-refractivity contribution in [2.45, 2.75) is 20.4 Å². The van der Waals surface area contributed by atoms with Crippen molar-refractivity contribution in [1.82, 2.24) is 0 Å². The molecule has 0 aliphatic carbocycles. The molecule has 1 aromatic carbocycles. The smallest absolute Gasteiger partial charge is 0.271 e. The minimum Gasteiger partial charge on any atom is -0.465 e. The molecule has 18 heavy (non-hydrogen) atoms. The molecule has 2 aromatic rings. The van der Waals surface area contributed by atoms with E-state index >= 15 is 0 Å². The van der Waals surface area contributed by atoms with E-state index in [0.717, 1.165) is 22.8 Å². The Morgan fingerprint density at radius 3 is 2.67 bits per heavy atom. The van der Waals surface area contributed by atoms with Gasteiger partial charge in [0.25, 0.3) is 5.69 Å². The van der Waals surface area contributed by atoms with Crippen molar-refractivity contribution in [1.29, 1.82) is 0 Å². The third-order valence-electron chi connectivity index (χ3n) is 2.54. The Bertz CT molecular complexity index is 575. The number of hydrogen-bond acceptors (Lipinski definition) is 4. The van der Waals surface area contributed by atoms with Crippen LogP contribution in [0.25, 0.3) is 0 Å². The normalized spacial score (nSPS) is 10.3. The van der Waals surface area contributed by atoms with Crippen molar-refractivity contribution < 1.29 is 9.34 Å².